The highest BCUT2D eigenvalue weighted by molar-refractivity contribution is 6.01. The molecular formula is C31H30F3N9O2. The van der Waals surface area contributed by atoms with E-state index in [-0.39, 0.29) is 27.8 Å². The van der Waals surface area contributed by atoms with E-state index < -0.39 is 23.0 Å². The minimum absolute atomic E-state index is 0.0232. The van der Waals surface area contributed by atoms with Crippen molar-refractivity contribution >= 4 is 33.4 Å². The van der Waals surface area contributed by atoms with E-state index in [2.05, 4.69) is 37.1 Å². The van der Waals surface area contributed by atoms with Gasteiger partial charge in [0.15, 0.2) is 0 Å². The van der Waals surface area contributed by atoms with Crippen molar-refractivity contribution in [2.24, 2.45) is 0 Å². The zero-order chi connectivity index (χ0) is 31.3. The van der Waals surface area contributed by atoms with Gasteiger partial charge in [-0.05, 0) is 49.5 Å². The molecule has 0 radical (unpaired) electrons. The number of piperazine rings is 2. The van der Waals surface area contributed by atoms with E-state index in [1.165, 1.54) is 18.3 Å². The van der Waals surface area contributed by atoms with Crippen molar-refractivity contribution in [3.05, 3.63) is 81.3 Å². The summed E-state index contributed by atoms with van der Waals surface area (Å²) in [5.41, 5.74) is -0.611. The van der Waals surface area contributed by atoms with Crippen LogP contribution in [-0.4, -0.2) is 88.8 Å². The Morgan fingerprint density at radius 3 is 2.33 bits per heavy atom. The zero-order valence-corrected chi connectivity index (χ0v) is 24.4. The number of pyridine rings is 3. The molecule has 0 saturated carbocycles. The van der Waals surface area contributed by atoms with Crippen LogP contribution in [0.4, 0.5) is 24.7 Å². The Morgan fingerprint density at radius 2 is 1.62 bits per heavy atom. The molecule has 6 heterocycles. The molecule has 2 saturated heterocycles. The minimum atomic E-state index is -4.68. The van der Waals surface area contributed by atoms with Crippen molar-refractivity contribution in [2.75, 3.05) is 69.2 Å². The number of alkyl halides is 3. The Morgan fingerprint density at radius 1 is 0.844 bits per heavy atom. The van der Waals surface area contributed by atoms with E-state index in [0.717, 1.165) is 42.6 Å². The maximum Gasteiger partial charge on any atom is 0.418 e. The molecule has 45 heavy (non-hydrogen) atoms. The molecule has 2 fully saturated rings. The van der Waals surface area contributed by atoms with Gasteiger partial charge >= 0.3 is 11.9 Å². The highest BCUT2D eigenvalue weighted by Gasteiger charge is 2.36. The van der Waals surface area contributed by atoms with Crippen molar-refractivity contribution in [3.63, 3.8) is 0 Å². The standard InChI is InChI=1S/C31H30F3N9O2/c1-40-12-14-42(15-13-40)26-7-2-19(17-37-26)23-4-5-24-27(38-23)28-21(18-36-24)29(44)39-30(45)43(28)20-3-6-25(22(16-20)31(32,33)34)41-10-8-35-9-11-41/h2-7,16-18,35H,8-15H2,1H3,(H,39,44,45). The lowest BCUT2D eigenvalue weighted by molar-refractivity contribution is -0.137. The van der Waals surface area contributed by atoms with Gasteiger partial charge in [0, 0.05) is 76.0 Å². The number of nitrogens with zero attached hydrogens (tertiary/aromatic N) is 7. The second-order valence-electron chi connectivity index (χ2n) is 11.3. The van der Waals surface area contributed by atoms with Gasteiger partial charge in [0.05, 0.1) is 33.4 Å². The van der Waals surface area contributed by atoms with Gasteiger partial charge in [-0.15, -0.1) is 0 Å². The van der Waals surface area contributed by atoms with Gasteiger partial charge in [-0.25, -0.2) is 14.8 Å². The van der Waals surface area contributed by atoms with Gasteiger partial charge in [0.2, 0.25) is 0 Å². The molecule has 0 atom stereocenters. The number of aromatic amines is 1. The fourth-order valence-electron chi connectivity index (χ4n) is 6.01. The second kappa shape index (κ2) is 11.3. The molecule has 0 unspecified atom stereocenters. The number of fused-ring (bicyclic) bond motifs is 3. The molecule has 0 bridgehead atoms. The lowest BCUT2D eigenvalue weighted by Gasteiger charge is -2.33. The van der Waals surface area contributed by atoms with Crippen molar-refractivity contribution in [1.82, 2.24) is 34.7 Å². The lowest BCUT2D eigenvalue weighted by Crippen LogP contribution is -2.44. The molecule has 7 rings (SSSR count). The van der Waals surface area contributed by atoms with Gasteiger partial charge in [-0.3, -0.25) is 19.3 Å². The van der Waals surface area contributed by atoms with Crippen molar-refractivity contribution in [2.45, 2.75) is 6.18 Å². The van der Waals surface area contributed by atoms with Crippen molar-refractivity contribution in [1.29, 1.82) is 0 Å². The van der Waals surface area contributed by atoms with Crippen LogP contribution in [-0.2, 0) is 6.18 Å². The van der Waals surface area contributed by atoms with E-state index in [1.807, 2.05) is 12.1 Å². The summed E-state index contributed by atoms with van der Waals surface area (Å²) in [5.74, 6) is 0.852. The third-order valence-electron chi connectivity index (χ3n) is 8.45. The molecule has 232 valence electrons. The first-order valence-electron chi connectivity index (χ1n) is 14.7. The molecule has 2 aliphatic heterocycles. The number of benzene rings is 1. The molecule has 14 heteroatoms. The Balaban J connectivity index is 1.37. The van der Waals surface area contributed by atoms with Gasteiger partial charge < -0.3 is 20.0 Å². The predicted molar refractivity (Wildman–Crippen MR) is 166 cm³/mol. The number of halogens is 3. The van der Waals surface area contributed by atoms with Crippen LogP contribution in [0, 0.1) is 0 Å². The number of hydrogen-bond acceptors (Lipinski definition) is 9. The van der Waals surface area contributed by atoms with Crippen LogP contribution in [0.5, 0.6) is 0 Å². The van der Waals surface area contributed by atoms with Crippen molar-refractivity contribution in [3.8, 4) is 16.9 Å². The predicted octanol–water partition coefficient (Wildman–Crippen LogP) is 2.86. The van der Waals surface area contributed by atoms with E-state index >= 15 is 0 Å². The van der Waals surface area contributed by atoms with E-state index in [9.17, 15) is 22.8 Å². The third-order valence-corrected chi connectivity index (χ3v) is 8.45. The smallest absolute Gasteiger partial charge is 0.368 e. The molecular weight excluding hydrogens is 587 g/mol. The van der Waals surface area contributed by atoms with Gasteiger partial charge in [0.25, 0.3) is 5.56 Å². The van der Waals surface area contributed by atoms with Crippen molar-refractivity contribution < 1.29 is 13.2 Å². The number of nitrogens with one attached hydrogen (secondary N) is 2. The van der Waals surface area contributed by atoms with Crippen LogP contribution in [0.25, 0.3) is 38.9 Å². The van der Waals surface area contributed by atoms with Crippen LogP contribution < -0.4 is 26.4 Å². The second-order valence-corrected chi connectivity index (χ2v) is 11.3. The summed E-state index contributed by atoms with van der Waals surface area (Å²) < 4.78 is 44.3. The first-order valence-corrected chi connectivity index (χ1v) is 14.7. The SMILES string of the molecule is CN1CCN(c2ccc(-c3ccc4ncc5c(=O)[nH]c(=O)n(-c6ccc(N7CCNCC7)c(C(F)(F)F)c6)c5c4n3)cn2)CC1. The monoisotopic (exact) mass is 617 g/mol. The number of rotatable bonds is 4. The van der Waals surface area contributed by atoms with E-state index in [4.69, 9.17) is 4.98 Å². The summed E-state index contributed by atoms with van der Waals surface area (Å²) in [4.78, 5) is 48.5. The average molecular weight is 618 g/mol. The zero-order valence-electron chi connectivity index (χ0n) is 24.4. The van der Waals surface area contributed by atoms with E-state index in [0.29, 0.717) is 43.0 Å². The van der Waals surface area contributed by atoms with Crippen LogP contribution in [0.2, 0.25) is 0 Å². The highest BCUT2D eigenvalue weighted by atomic mass is 19.4. The number of likely N-dealkylation sites (N-methyl/N-ethyl adjacent to an activating group) is 1. The first-order chi connectivity index (χ1) is 21.7. The molecule has 2 N–H and O–H groups in total. The molecule has 0 spiro atoms. The largest absolute Gasteiger partial charge is 0.418 e. The molecule has 2 aliphatic rings. The Kier molecular flexibility index (Phi) is 7.25. The fraction of sp³-hybridized carbons (Fsp3) is 0.323. The number of hydrogen-bond donors (Lipinski definition) is 2. The Hall–Kier alpha value is -4.82. The number of anilines is 2. The van der Waals surface area contributed by atoms with Gasteiger partial charge in [0.1, 0.15) is 11.3 Å². The summed E-state index contributed by atoms with van der Waals surface area (Å²) in [5, 5.41) is 3.17. The normalized spacial score (nSPS) is 16.5. The number of H-pyrrole nitrogens is 1. The molecule has 1 aromatic carbocycles. The fourth-order valence-corrected chi connectivity index (χ4v) is 6.01. The van der Waals surface area contributed by atoms with Crippen LogP contribution in [0.15, 0.2) is 64.4 Å². The van der Waals surface area contributed by atoms with Crippen LogP contribution in [0.3, 0.4) is 0 Å². The maximum atomic E-state index is 14.4. The lowest BCUT2D eigenvalue weighted by atomic mass is 10.1. The summed E-state index contributed by atoms with van der Waals surface area (Å²) in [6.07, 6.45) is -1.67. The number of aromatic nitrogens is 5. The highest BCUT2D eigenvalue weighted by Crippen LogP contribution is 2.38. The Labute approximate surface area is 255 Å². The van der Waals surface area contributed by atoms with Crippen LogP contribution in [0.1, 0.15) is 5.56 Å². The topological polar surface area (TPSA) is 115 Å². The van der Waals surface area contributed by atoms with Gasteiger partial charge in [-0.2, -0.15) is 13.2 Å². The van der Waals surface area contributed by atoms with Crippen LogP contribution >= 0.6 is 0 Å². The molecule has 5 aromatic rings. The quantitative estimate of drug-likeness (QED) is 0.294. The average Bonchev–Trinajstić information content (AvgIpc) is 3.05. The first kappa shape index (κ1) is 28.9. The molecule has 0 amide bonds. The summed E-state index contributed by atoms with van der Waals surface area (Å²) >= 11 is 0. The third kappa shape index (κ3) is 5.40. The van der Waals surface area contributed by atoms with E-state index in [1.54, 1.807) is 23.2 Å². The summed E-state index contributed by atoms with van der Waals surface area (Å²) in [6, 6.07) is 11.1. The maximum absolute atomic E-state index is 14.4. The molecule has 0 aliphatic carbocycles. The molecule has 4 aromatic heterocycles. The minimum Gasteiger partial charge on any atom is -0.368 e. The summed E-state index contributed by atoms with van der Waals surface area (Å²) in [7, 11) is 2.09. The Bertz CT molecular complexity index is 2010. The molecule has 11 nitrogen and oxygen atoms in total. The summed E-state index contributed by atoms with van der Waals surface area (Å²) in [6.45, 7) is 5.57. The van der Waals surface area contributed by atoms with Gasteiger partial charge in [-0.1, -0.05) is 0 Å².